The average Bonchev–Trinajstić information content (AvgIpc) is 2.92. The van der Waals surface area contributed by atoms with E-state index in [9.17, 15) is 9.59 Å². The molecule has 0 saturated carbocycles. The molecule has 0 aliphatic carbocycles. The fourth-order valence-corrected chi connectivity index (χ4v) is 2.92. The second kappa shape index (κ2) is 8.07. The molecule has 8 nitrogen and oxygen atoms in total. The molecule has 0 radical (unpaired) electrons. The summed E-state index contributed by atoms with van der Waals surface area (Å²) in [4.78, 5) is 26.6. The lowest BCUT2D eigenvalue weighted by Gasteiger charge is -2.29. The molecule has 0 fully saturated rings. The van der Waals surface area contributed by atoms with Gasteiger partial charge in [0.05, 0.1) is 31.5 Å². The Morgan fingerprint density at radius 3 is 2.58 bits per heavy atom. The first kappa shape index (κ1) is 20.2. The van der Waals surface area contributed by atoms with Crippen LogP contribution in [0.4, 0.5) is 4.79 Å². The summed E-state index contributed by atoms with van der Waals surface area (Å²) in [5.41, 5.74) is 1.36. The second-order valence-corrected chi connectivity index (χ2v) is 7.40. The van der Waals surface area contributed by atoms with Gasteiger partial charge in [-0.15, -0.1) is 0 Å². The number of hydrogen-bond acceptors (Lipinski definition) is 6. The van der Waals surface area contributed by atoms with E-state index in [0.717, 1.165) is 11.3 Å². The Hall–Kier alpha value is -2.09. The number of aromatic nitrogens is 2. The number of fused-ring (bicyclic) bond motifs is 1. The van der Waals surface area contributed by atoms with Crippen molar-refractivity contribution in [1.29, 1.82) is 0 Å². The van der Waals surface area contributed by atoms with Crippen LogP contribution >= 0.6 is 0 Å². The molecular formula is C18H29N3O5. The van der Waals surface area contributed by atoms with Crippen LogP contribution in [0.5, 0.6) is 0 Å². The van der Waals surface area contributed by atoms with E-state index in [4.69, 9.17) is 14.2 Å². The molecule has 0 saturated heterocycles. The molecule has 0 aromatic carbocycles. The highest BCUT2D eigenvalue weighted by Gasteiger charge is 2.33. The third-order valence-corrected chi connectivity index (χ3v) is 4.01. The Labute approximate surface area is 154 Å². The van der Waals surface area contributed by atoms with Gasteiger partial charge in [-0.2, -0.15) is 5.10 Å². The van der Waals surface area contributed by atoms with Crippen LogP contribution in [-0.4, -0.2) is 59.2 Å². The van der Waals surface area contributed by atoms with Gasteiger partial charge >= 0.3 is 12.1 Å². The monoisotopic (exact) mass is 367 g/mol. The van der Waals surface area contributed by atoms with Gasteiger partial charge in [0.1, 0.15) is 5.60 Å². The first-order valence-corrected chi connectivity index (χ1v) is 8.92. The van der Waals surface area contributed by atoms with Crippen LogP contribution in [0.2, 0.25) is 0 Å². The Morgan fingerprint density at radius 2 is 2.00 bits per heavy atom. The van der Waals surface area contributed by atoms with Crippen molar-refractivity contribution in [3.63, 3.8) is 0 Å². The Morgan fingerprint density at radius 1 is 1.31 bits per heavy atom. The molecule has 1 aliphatic heterocycles. The van der Waals surface area contributed by atoms with Gasteiger partial charge in [-0.25, -0.2) is 9.59 Å². The maximum atomic E-state index is 12.6. The van der Waals surface area contributed by atoms with Crippen molar-refractivity contribution in [2.45, 2.75) is 59.2 Å². The van der Waals surface area contributed by atoms with Crippen molar-refractivity contribution in [3.8, 4) is 0 Å². The highest BCUT2D eigenvalue weighted by Crippen LogP contribution is 2.26. The van der Waals surface area contributed by atoms with E-state index in [0.29, 0.717) is 25.3 Å². The average molecular weight is 367 g/mol. The highest BCUT2D eigenvalue weighted by atomic mass is 16.6. The van der Waals surface area contributed by atoms with E-state index < -0.39 is 17.7 Å². The lowest BCUT2D eigenvalue weighted by Crippen LogP contribution is -2.40. The van der Waals surface area contributed by atoms with Crippen molar-refractivity contribution in [2.24, 2.45) is 0 Å². The van der Waals surface area contributed by atoms with Gasteiger partial charge in [0.25, 0.3) is 0 Å². The lowest BCUT2D eigenvalue weighted by atomic mass is 10.1. The van der Waals surface area contributed by atoms with Gasteiger partial charge in [-0.1, -0.05) is 0 Å². The molecule has 146 valence electrons. The molecule has 1 aliphatic rings. The summed E-state index contributed by atoms with van der Waals surface area (Å²) in [6, 6.07) is -0.125. The normalized spacial score (nSPS) is 15.4. The van der Waals surface area contributed by atoms with Crippen molar-refractivity contribution in [1.82, 2.24) is 14.7 Å². The summed E-state index contributed by atoms with van der Waals surface area (Å²) in [6.07, 6.45) is 0.170. The van der Waals surface area contributed by atoms with Gasteiger partial charge in [-0.3, -0.25) is 4.68 Å². The first-order valence-electron chi connectivity index (χ1n) is 8.92. The van der Waals surface area contributed by atoms with Gasteiger partial charge in [0.15, 0.2) is 5.69 Å². The van der Waals surface area contributed by atoms with Crippen molar-refractivity contribution in [3.05, 3.63) is 17.0 Å². The third kappa shape index (κ3) is 4.55. The summed E-state index contributed by atoms with van der Waals surface area (Å²) in [6.45, 7) is 10.6. The quantitative estimate of drug-likeness (QED) is 0.744. The molecule has 1 atom stereocenters. The van der Waals surface area contributed by atoms with E-state index in [2.05, 4.69) is 5.10 Å². The van der Waals surface area contributed by atoms with E-state index in [1.165, 1.54) is 0 Å². The zero-order valence-corrected chi connectivity index (χ0v) is 16.5. The van der Waals surface area contributed by atoms with E-state index in [-0.39, 0.29) is 19.2 Å². The predicted molar refractivity (Wildman–Crippen MR) is 95.1 cm³/mol. The van der Waals surface area contributed by atoms with Gasteiger partial charge in [0, 0.05) is 25.6 Å². The van der Waals surface area contributed by atoms with Gasteiger partial charge in [0.2, 0.25) is 0 Å². The molecule has 2 rings (SSSR count). The fourth-order valence-electron chi connectivity index (χ4n) is 2.92. The summed E-state index contributed by atoms with van der Waals surface area (Å²) in [5, 5.41) is 4.60. The topological polar surface area (TPSA) is 82.9 Å². The Kier molecular flexibility index (Phi) is 6.28. The number of esters is 1. The summed E-state index contributed by atoms with van der Waals surface area (Å²) in [7, 11) is 1.61. The Bertz CT molecular complexity index is 663. The van der Waals surface area contributed by atoms with Crippen molar-refractivity contribution >= 4 is 12.1 Å². The minimum Gasteiger partial charge on any atom is -0.461 e. The van der Waals surface area contributed by atoms with Crippen LogP contribution < -0.4 is 0 Å². The molecule has 26 heavy (non-hydrogen) atoms. The van der Waals surface area contributed by atoms with Crippen LogP contribution in [0, 0.1) is 0 Å². The molecule has 1 aromatic rings. The molecule has 1 aromatic heterocycles. The molecule has 8 heteroatoms. The molecule has 0 unspecified atom stereocenters. The van der Waals surface area contributed by atoms with Gasteiger partial charge in [-0.05, 0) is 34.6 Å². The lowest BCUT2D eigenvalue weighted by molar-refractivity contribution is 0.0219. The number of amides is 1. The zero-order valence-electron chi connectivity index (χ0n) is 16.5. The largest absolute Gasteiger partial charge is 0.461 e. The van der Waals surface area contributed by atoms with Gasteiger partial charge < -0.3 is 19.1 Å². The third-order valence-electron chi connectivity index (χ3n) is 4.01. The zero-order chi connectivity index (χ0) is 19.5. The first-order chi connectivity index (χ1) is 12.2. The number of hydrogen-bond donors (Lipinski definition) is 0. The molecule has 0 bridgehead atoms. The number of nitrogens with zero attached hydrogens (tertiary/aromatic N) is 3. The predicted octanol–water partition coefficient (Wildman–Crippen LogP) is 2.56. The number of ether oxygens (including phenoxy) is 3. The summed E-state index contributed by atoms with van der Waals surface area (Å²) in [5.74, 6) is -0.435. The standard InChI is InChI=1S/C18H29N3O5/c1-7-25-16(22)15-13-10-20(17(23)26-18(3,4)5)9-8-14(13)19-21(15)12(2)11-24-6/h12H,7-11H2,1-6H3/t12-/m0/s1. The smallest absolute Gasteiger partial charge is 0.410 e. The SMILES string of the molecule is CCOC(=O)c1c2c(nn1[C@@H](C)COC)CCN(C(=O)OC(C)(C)C)C2. The molecule has 0 spiro atoms. The molecule has 2 heterocycles. The number of carbonyl (C=O) groups excluding carboxylic acids is 2. The maximum absolute atomic E-state index is 12.6. The summed E-state index contributed by atoms with van der Waals surface area (Å²) >= 11 is 0. The van der Waals surface area contributed by atoms with E-state index >= 15 is 0 Å². The summed E-state index contributed by atoms with van der Waals surface area (Å²) < 4.78 is 17.5. The minimum atomic E-state index is -0.571. The van der Waals surface area contributed by atoms with Crippen molar-refractivity contribution in [2.75, 3.05) is 26.9 Å². The van der Waals surface area contributed by atoms with Crippen LogP contribution in [0.1, 0.15) is 62.4 Å². The van der Waals surface area contributed by atoms with E-state index in [1.807, 2.05) is 27.7 Å². The Balaban J connectivity index is 2.34. The molecular weight excluding hydrogens is 338 g/mol. The molecule has 1 amide bonds. The number of carbonyl (C=O) groups is 2. The van der Waals surface area contributed by atoms with E-state index in [1.54, 1.807) is 23.6 Å². The fraction of sp³-hybridized carbons (Fsp3) is 0.722. The van der Waals surface area contributed by atoms with Crippen molar-refractivity contribution < 1.29 is 23.8 Å². The van der Waals surface area contributed by atoms with Crippen LogP contribution in [-0.2, 0) is 27.2 Å². The second-order valence-electron chi connectivity index (χ2n) is 7.40. The van der Waals surface area contributed by atoms with Crippen LogP contribution in [0.3, 0.4) is 0 Å². The van der Waals surface area contributed by atoms with Crippen LogP contribution in [0.25, 0.3) is 0 Å². The molecule has 0 N–H and O–H groups in total. The number of methoxy groups -OCH3 is 1. The number of rotatable bonds is 5. The highest BCUT2D eigenvalue weighted by molar-refractivity contribution is 5.90. The van der Waals surface area contributed by atoms with Crippen LogP contribution in [0.15, 0.2) is 0 Å². The maximum Gasteiger partial charge on any atom is 0.410 e. The minimum absolute atomic E-state index is 0.125.